The first-order valence-corrected chi connectivity index (χ1v) is 8.08. The van der Waals surface area contributed by atoms with E-state index in [1.807, 2.05) is 13.8 Å². The van der Waals surface area contributed by atoms with Gasteiger partial charge in [-0.15, -0.1) is 0 Å². The molecule has 1 heterocycles. The zero-order valence-corrected chi connectivity index (χ0v) is 14.4. The molecule has 0 bridgehead atoms. The fourth-order valence-corrected chi connectivity index (χ4v) is 2.75. The Bertz CT molecular complexity index is 788. The van der Waals surface area contributed by atoms with E-state index in [0.717, 1.165) is 0 Å². The highest BCUT2D eigenvalue weighted by molar-refractivity contribution is 5.74. The van der Waals surface area contributed by atoms with Crippen LogP contribution in [0.15, 0.2) is 18.2 Å². The minimum atomic E-state index is -4.20. The number of methoxy groups -OCH3 is 1. The smallest absolute Gasteiger partial charge is 0.389 e. The summed E-state index contributed by atoms with van der Waals surface area (Å²) in [7, 11) is 1.46. The van der Waals surface area contributed by atoms with Crippen LogP contribution in [0.4, 0.5) is 13.2 Å². The van der Waals surface area contributed by atoms with Gasteiger partial charge < -0.3 is 4.74 Å². The summed E-state index contributed by atoms with van der Waals surface area (Å²) in [6.45, 7) is 4.41. The van der Waals surface area contributed by atoms with Gasteiger partial charge in [-0.05, 0) is 37.5 Å². The van der Waals surface area contributed by atoms with E-state index in [-0.39, 0.29) is 6.42 Å². The second-order valence-electron chi connectivity index (χ2n) is 5.60. The zero-order valence-electron chi connectivity index (χ0n) is 14.4. The van der Waals surface area contributed by atoms with Crippen molar-refractivity contribution in [3.63, 3.8) is 0 Å². The lowest BCUT2D eigenvalue weighted by atomic mass is 10.0. The van der Waals surface area contributed by atoms with Crippen molar-refractivity contribution < 1.29 is 17.9 Å². The molecule has 0 aliphatic carbocycles. The fourth-order valence-electron chi connectivity index (χ4n) is 2.75. The summed E-state index contributed by atoms with van der Waals surface area (Å²) in [5, 5.41) is 14.0. The van der Waals surface area contributed by atoms with Crippen molar-refractivity contribution in [3.8, 4) is 23.1 Å². The quantitative estimate of drug-likeness (QED) is 0.769. The molecule has 0 radical (unpaired) electrons. The van der Waals surface area contributed by atoms with E-state index in [1.54, 1.807) is 22.9 Å². The van der Waals surface area contributed by atoms with Crippen LogP contribution in [0.2, 0.25) is 0 Å². The molecule has 2 rings (SSSR count). The highest BCUT2D eigenvalue weighted by atomic mass is 19.4. The van der Waals surface area contributed by atoms with Crippen LogP contribution < -0.4 is 4.74 Å². The summed E-state index contributed by atoms with van der Waals surface area (Å²) in [4.78, 5) is 0. The Labute approximate surface area is 144 Å². The van der Waals surface area contributed by atoms with Crippen LogP contribution in [-0.2, 0) is 19.4 Å². The lowest BCUT2D eigenvalue weighted by Crippen LogP contribution is -2.08. The van der Waals surface area contributed by atoms with Gasteiger partial charge in [0.2, 0.25) is 0 Å². The number of nitriles is 1. The van der Waals surface area contributed by atoms with Crippen LogP contribution in [-0.4, -0.2) is 23.1 Å². The Morgan fingerprint density at radius 3 is 2.52 bits per heavy atom. The molecule has 134 valence electrons. The SMILES string of the molecule is CCc1nn(CC)c(-c2ccc(CCC(F)(F)F)cc2OC)c1C#N. The summed E-state index contributed by atoms with van der Waals surface area (Å²) in [5.41, 5.74) is 3.01. The molecule has 0 N–H and O–H groups in total. The predicted molar refractivity (Wildman–Crippen MR) is 88.4 cm³/mol. The normalized spacial score (nSPS) is 11.4. The van der Waals surface area contributed by atoms with Crippen molar-refractivity contribution in [3.05, 3.63) is 35.0 Å². The molecule has 0 atom stereocenters. The Hall–Kier alpha value is -2.49. The zero-order chi connectivity index (χ0) is 18.6. The second kappa shape index (κ2) is 7.60. The standard InChI is InChI=1S/C18H20F3N3O/c1-4-15-14(11-22)17(24(5-2)23-15)13-7-6-12(10-16(13)25-3)8-9-18(19,20)21/h6-7,10H,4-5,8-9H2,1-3H3. The third-order valence-electron chi connectivity index (χ3n) is 3.99. The first kappa shape index (κ1) is 18.8. The van der Waals surface area contributed by atoms with E-state index < -0.39 is 12.6 Å². The second-order valence-corrected chi connectivity index (χ2v) is 5.60. The number of benzene rings is 1. The molecular formula is C18H20F3N3O. The van der Waals surface area contributed by atoms with Gasteiger partial charge in [-0.25, -0.2) is 0 Å². The lowest BCUT2D eigenvalue weighted by Gasteiger charge is -2.13. The fraction of sp³-hybridized carbons (Fsp3) is 0.444. The molecule has 25 heavy (non-hydrogen) atoms. The van der Waals surface area contributed by atoms with Gasteiger partial charge in [0, 0.05) is 18.5 Å². The molecule has 0 unspecified atom stereocenters. The minimum Gasteiger partial charge on any atom is -0.496 e. The minimum absolute atomic E-state index is 0.113. The number of aromatic nitrogens is 2. The largest absolute Gasteiger partial charge is 0.496 e. The molecule has 0 aliphatic heterocycles. The molecule has 0 fully saturated rings. The van der Waals surface area contributed by atoms with Crippen molar-refractivity contribution in [1.82, 2.24) is 9.78 Å². The lowest BCUT2D eigenvalue weighted by molar-refractivity contribution is -0.134. The molecule has 0 amide bonds. The summed E-state index contributed by atoms with van der Waals surface area (Å²) in [6.07, 6.45) is -4.57. The molecule has 2 aromatic rings. The van der Waals surface area contributed by atoms with Crippen molar-refractivity contribution in [1.29, 1.82) is 5.26 Å². The Kier molecular flexibility index (Phi) is 5.73. The highest BCUT2D eigenvalue weighted by Gasteiger charge is 2.27. The first-order chi connectivity index (χ1) is 11.8. The van der Waals surface area contributed by atoms with Crippen LogP contribution >= 0.6 is 0 Å². The van der Waals surface area contributed by atoms with E-state index in [9.17, 15) is 18.4 Å². The number of alkyl halides is 3. The maximum Gasteiger partial charge on any atom is 0.389 e. The summed E-state index contributed by atoms with van der Waals surface area (Å²) < 4.78 is 44.4. The van der Waals surface area contributed by atoms with Gasteiger partial charge in [-0.3, -0.25) is 4.68 Å². The average Bonchev–Trinajstić information content (AvgIpc) is 2.96. The maximum atomic E-state index is 12.4. The third kappa shape index (κ3) is 4.13. The van der Waals surface area contributed by atoms with Crippen molar-refractivity contribution >= 4 is 0 Å². The van der Waals surface area contributed by atoms with Crippen molar-refractivity contribution in [2.45, 2.75) is 45.8 Å². The van der Waals surface area contributed by atoms with Crippen LogP contribution in [0.5, 0.6) is 5.75 Å². The van der Waals surface area contributed by atoms with Crippen LogP contribution in [0, 0.1) is 11.3 Å². The van der Waals surface area contributed by atoms with E-state index in [2.05, 4.69) is 11.2 Å². The Morgan fingerprint density at radius 2 is 2.00 bits per heavy atom. The topological polar surface area (TPSA) is 50.8 Å². The van der Waals surface area contributed by atoms with Crippen LogP contribution in [0.25, 0.3) is 11.3 Å². The number of hydrogen-bond donors (Lipinski definition) is 0. The number of halogens is 3. The molecule has 0 aliphatic rings. The van der Waals surface area contributed by atoms with E-state index in [1.165, 1.54) is 7.11 Å². The Morgan fingerprint density at radius 1 is 1.28 bits per heavy atom. The number of ether oxygens (including phenoxy) is 1. The van der Waals surface area contributed by atoms with Gasteiger partial charge >= 0.3 is 6.18 Å². The van der Waals surface area contributed by atoms with Gasteiger partial charge in [0.15, 0.2) is 0 Å². The number of rotatable bonds is 6. The van der Waals surface area contributed by atoms with Gasteiger partial charge in [0.1, 0.15) is 17.4 Å². The van der Waals surface area contributed by atoms with Gasteiger partial charge in [0.25, 0.3) is 0 Å². The summed E-state index contributed by atoms with van der Waals surface area (Å²) >= 11 is 0. The molecule has 1 aromatic heterocycles. The predicted octanol–water partition coefficient (Wildman–Crippen LogP) is 4.51. The molecule has 7 heteroatoms. The summed E-state index contributed by atoms with van der Waals surface area (Å²) in [5.74, 6) is 0.438. The summed E-state index contributed by atoms with van der Waals surface area (Å²) in [6, 6.07) is 7.13. The molecule has 0 spiro atoms. The number of nitrogens with zero attached hydrogens (tertiary/aromatic N) is 3. The van der Waals surface area contributed by atoms with Crippen LogP contribution in [0.3, 0.4) is 0 Å². The van der Waals surface area contributed by atoms with Crippen molar-refractivity contribution in [2.75, 3.05) is 7.11 Å². The van der Waals surface area contributed by atoms with E-state index >= 15 is 0 Å². The maximum absolute atomic E-state index is 12.4. The molecule has 0 saturated carbocycles. The highest BCUT2D eigenvalue weighted by Crippen LogP contribution is 2.35. The number of aryl methyl sites for hydroxylation is 3. The van der Waals surface area contributed by atoms with Gasteiger partial charge in [-0.2, -0.15) is 23.5 Å². The van der Waals surface area contributed by atoms with Crippen molar-refractivity contribution in [2.24, 2.45) is 0 Å². The van der Waals surface area contributed by atoms with Gasteiger partial charge in [-0.1, -0.05) is 13.0 Å². The average molecular weight is 351 g/mol. The Balaban J connectivity index is 2.50. The molecule has 0 saturated heterocycles. The molecular weight excluding hydrogens is 331 g/mol. The molecule has 4 nitrogen and oxygen atoms in total. The third-order valence-corrected chi connectivity index (χ3v) is 3.99. The number of hydrogen-bond acceptors (Lipinski definition) is 3. The first-order valence-electron chi connectivity index (χ1n) is 8.08. The van der Waals surface area contributed by atoms with E-state index in [4.69, 9.17) is 4.74 Å². The van der Waals surface area contributed by atoms with Crippen LogP contribution in [0.1, 0.15) is 37.1 Å². The van der Waals surface area contributed by atoms with E-state index in [0.29, 0.717) is 46.8 Å². The monoisotopic (exact) mass is 351 g/mol. The molecule has 1 aromatic carbocycles. The van der Waals surface area contributed by atoms with Gasteiger partial charge in [0.05, 0.1) is 18.5 Å².